The fourth-order valence-corrected chi connectivity index (χ4v) is 3.63. The molecule has 0 spiro atoms. The molecule has 0 unspecified atom stereocenters. The lowest BCUT2D eigenvalue weighted by molar-refractivity contribution is 0.0302. The van der Waals surface area contributed by atoms with E-state index < -0.39 is 5.82 Å². The molecule has 3 aromatic heterocycles. The quantitative estimate of drug-likeness (QED) is 0.491. The summed E-state index contributed by atoms with van der Waals surface area (Å²) in [6, 6.07) is 9.88. The van der Waals surface area contributed by atoms with Gasteiger partial charge in [-0.15, -0.1) is 5.10 Å². The Balaban J connectivity index is 1.42. The van der Waals surface area contributed by atoms with Crippen molar-refractivity contribution in [2.75, 3.05) is 26.3 Å². The Bertz CT molecular complexity index is 1260. The number of carbonyl (C=O) groups is 1. The van der Waals surface area contributed by atoms with Crippen molar-refractivity contribution in [2.45, 2.75) is 6.92 Å². The fraction of sp³-hybridized carbons (Fsp3) is 0.227. The molecule has 0 atom stereocenters. The number of carbonyl (C=O) groups excluding carboxylic acids is 1. The maximum atomic E-state index is 14.3. The van der Waals surface area contributed by atoms with Gasteiger partial charge in [0, 0.05) is 25.5 Å². The van der Waals surface area contributed by atoms with E-state index in [0.29, 0.717) is 60.5 Å². The standard InChI is InChI=1S/C22H20FN7O2/c1-15-21(30(27-26-15)19-5-3-2-4-17(19)23)18-13-29(14-25-18)20-7-6-16(12-24-20)22(31)28-8-10-32-11-9-28/h2-7,12-14H,8-11H2,1H3. The van der Waals surface area contributed by atoms with Crippen LogP contribution in [0.3, 0.4) is 0 Å². The van der Waals surface area contributed by atoms with Gasteiger partial charge in [0.05, 0.1) is 24.5 Å². The molecule has 1 aliphatic rings. The van der Waals surface area contributed by atoms with Gasteiger partial charge in [-0.05, 0) is 31.2 Å². The first-order valence-electron chi connectivity index (χ1n) is 10.2. The van der Waals surface area contributed by atoms with Crippen LogP contribution in [0, 0.1) is 12.7 Å². The van der Waals surface area contributed by atoms with Crippen LogP contribution in [-0.4, -0.2) is 66.6 Å². The Hall–Kier alpha value is -3.92. The largest absolute Gasteiger partial charge is 0.378 e. The van der Waals surface area contributed by atoms with Crippen LogP contribution in [-0.2, 0) is 4.74 Å². The van der Waals surface area contributed by atoms with E-state index >= 15 is 0 Å². The number of amides is 1. The molecule has 0 saturated carbocycles. The number of hydrogen-bond donors (Lipinski definition) is 0. The molecule has 0 aliphatic carbocycles. The number of imidazole rings is 1. The molecule has 5 rings (SSSR count). The molecular weight excluding hydrogens is 413 g/mol. The minimum atomic E-state index is -0.403. The summed E-state index contributed by atoms with van der Waals surface area (Å²) >= 11 is 0. The van der Waals surface area contributed by atoms with Gasteiger partial charge in [0.2, 0.25) is 0 Å². The lowest BCUT2D eigenvalue weighted by atomic mass is 10.2. The van der Waals surface area contributed by atoms with Gasteiger partial charge >= 0.3 is 0 Å². The Labute approximate surface area is 183 Å². The van der Waals surface area contributed by atoms with Gasteiger partial charge in [0.1, 0.15) is 35.0 Å². The highest BCUT2D eigenvalue weighted by Crippen LogP contribution is 2.25. The summed E-state index contributed by atoms with van der Waals surface area (Å²) in [6.07, 6.45) is 4.94. The molecule has 4 heterocycles. The Kier molecular flexibility index (Phi) is 5.20. The third-order valence-corrected chi connectivity index (χ3v) is 5.30. The van der Waals surface area contributed by atoms with Gasteiger partial charge < -0.3 is 9.64 Å². The number of hydrogen-bond acceptors (Lipinski definition) is 6. The number of aryl methyl sites for hydroxylation is 1. The molecule has 1 aromatic carbocycles. The van der Waals surface area contributed by atoms with E-state index in [1.54, 1.807) is 65.4 Å². The van der Waals surface area contributed by atoms with Crippen LogP contribution in [0.15, 0.2) is 55.1 Å². The summed E-state index contributed by atoms with van der Waals surface area (Å²) in [5.74, 6) is 0.138. The number of nitrogens with zero attached hydrogens (tertiary/aromatic N) is 7. The van der Waals surface area contributed by atoms with Crippen molar-refractivity contribution >= 4 is 5.91 Å². The first-order valence-corrected chi connectivity index (χ1v) is 10.2. The van der Waals surface area contributed by atoms with Gasteiger partial charge in [0.25, 0.3) is 5.91 Å². The number of benzene rings is 1. The Morgan fingerprint density at radius 1 is 1.09 bits per heavy atom. The molecule has 162 valence electrons. The van der Waals surface area contributed by atoms with E-state index in [2.05, 4.69) is 20.3 Å². The van der Waals surface area contributed by atoms with Crippen LogP contribution < -0.4 is 0 Å². The lowest BCUT2D eigenvalue weighted by Gasteiger charge is -2.26. The highest BCUT2D eigenvalue weighted by molar-refractivity contribution is 5.94. The Morgan fingerprint density at radius 2 is 1.91 bits per heavy atom. The monoisotopic (exact) mass is 433 g/mol. The number of para-hydroxylation sites is 1. The van der Waals surface area contributed by atoms with E-state index in [1.165, 1.54) is 10.7 Å². The average molecular weight is 433 g/mol. The first-order chi connectivity index (χ1) is 15.6. The SMILES string of the molecule is Cc1nnn(-c2ccccc2F)c1-c1cn(-c2ccc(C(=O)N3CCOCC3)cn2)cn1. The van der Waals surface area contributed by atoms with E-state index in [4.69, 9.17) is 4.74 Å². The van der Waals surface area contributed by atoms with Crippen molar-refractivity contribution < 1.29 is 13.9 Å². The number of pyridine rings is 1. The summed E-state index contributed by atoms with van der Waals surface area (Å²) in [7, 11) is 0. The predicted molar refractivity (Wildman–Crippen MR) is 113 cm³/mol. The maximum absolute atomic E-state index is 14.3. The van der Waals surface area contributed by atoms with Crippen LogP contribution in [0.5, 0.6) is 0 Å². The van der Waals surface area contributed by atoms with Crippen molar-refractivity contribution in [1.29, 1.82) is 0 Å². The average Bonchev–Trinajstić information content (AvgIpc) is 3.46. The Morgan fingerprint density at radius 3 is 2.66 bits per heavy atom. The summed E-state index contributed by atoms with van der Waals surface area (Å²) < 4.78 is 22.8. The van der Waals surface area contributed by atoms with Crippen molar-refractivity contribution in [1.82, 2.24) is 34.4 Å². The smallest absolute Gasteiger partial charge is 0.255 e. The summed E-state index contributed by atoms with van der Waals surface area (Å²) in [6.45, 7) is 4.05. The normalized spacial score (nSPS) is 14.0. The first kappa shape index (κ1) is 20.0. The molecule has 0 bridgehead atoms. The van der Waals surface area contributed by atoms with Crippen LogP contribution in [0.1, 0.15) is 16.1 Å². The zero-order valence-corrected chi connectivity index (χ0v) is 17.3. The number of aromatic nitrogens is 6. The highest BCUT2D eigenvalue weighted by Gasteiger charge is 2.20. The lowest BCUT2D eigenvalue weighted by Crippen LogP contribution is -2.40. The second kappa shape index (κ2) is 8.31. The molecule has 1 aliphatic heterocycles. The molecule has 32 heavy (non-hydrogen) atoms. The molecule has 1 amide bonds. The van der Waals surface area contributed by atoms with Gasteiger partial charge in [-0.25, -0.2) is 19.0 Å². The van der Waals surface area contributed by atoms with Crippen molar-refractivity contribution in [3.63, 3.8) is 0 Å². The molecule has 9 nitrogen and oxygen atoms in total. The van der Waals surface area contributed by atoms with Crippen LogP contribution >= 0.6 is 0 Å². The molecule has 1 fully saturated rings. The van der Waals surface area contributed by atoms with Crippen LogP contribution in [0.25, 0.3) is 22.9 Å². The third-order valence-electron chi connectivity index (χ3n) is 5.30. The fourth-order valence-electron chi connectivity index (χ4n) is 3.63. The third kappa shape index (κ3) is 3.65. The molecule has 0 radical (unpaired) electrons. The molecule has 4 aromatic rings. The summed E-state index contributed by atoms with van der Waals surface area (Å²) in [4.78, 5) is 23.2. The minimum Gasteiger partial charge on any atom is -0.378 e. The molecule has 0 N–H and O–H groups in total. The second-order valence-electron chi connectivity index (χ2n) is 7.36. The van der Waals surface area contributed by atoms with Crippen molar-refractivity contribution in [2.24, 2.45) is 0 Å². The topological polar surface area (TPSA) is 91.0 Å². The molecular formula is C22H20FN7O2. The van der Waals surface area contributed by atoms with Gasteiger partial charge in [-0.1, -0.05) is 17.3 Å². The number of ether oxygens (including phenoxy) is 1. The van der Waals surface area contributed by atoms with E-state index in [9.17, 15) is 9.18 Å². The van der Waals surface area contributed by atoms with Crippen LogP contribution in [0.2, 0.25) is 0 Å². The van der Waals surface area contributed by atoms with E-state index in [0.717, 1.165) is 0 Å². The highest BCUT2D eigenvalue weighted by atomic mass is 19.1. The molecule has 1 saturated heterocycles. The maximum Gasteiger partial charge on any atom is 0.255 e. The zero-order chi connectivity index (χ0) is 22.1. The van der Waals surface area contributed by atoms with Gasteiger partial charge in [0.15, 0.2) is 0 Å². The van der Waals surface area contributed by atoms with E-state index in [1.807, 2.05) is 0 Å². The van der Waals surface area contributed by atoms with E-state index in [-0.39, 0.29) is 5.91 Å². The minimum absolute atomic E-state index is 0.0610. The van der Waals surface area contributed by atoms with Crippen molar-refractivity contribution in [3.8, 4) is 22.9 Å². The molecule has 10 heteroatoms. The number of rotatable bonds is 4. The second-order valence-corrected chi connectivity index (χ2v) is 7.36. The van der Waals surface area contributed by atoms with Gasteiger partial charge in [-0.2, -0.15) is 0 Å². The van der Waals surface area contributed by atoms with Crippen molar-refractivity contribution in [3.05, 3.63) is 72.2 Å². The summed E-state index contributed by atoms with van der Waals surface area (Å²) in [5, 5.41) is 8.19. The number of halogens is 1. The number of morpholine rings is 1. The van der Waals surface area contributed by atoms with Gasteiger partial charge in [-0.3, -0.25) is 9.36 Å². The summed E-state index contributed by atoms with van der Waals surface area (Å²) in [5.41, 5.74) is 2.60. The predicted octanol–water partition coefficient (Wildman–Crippen LogP) is 2.43. The van der Waals surface area contributed by atoms with Crippen LogP contribution in [0.4, 0.5) is 4.39 Å². The zero-order valence-electron chi connectivity index (χ0n) is 17.3.